The average Bonchev–Trinajstić information content (AvgIpc) is 2.90. The number of aromatic hydroxyl groups is 1. The van der Waals surface area contributed by atoms with Crippen molar-refractivity contribution < 1.29 is 19.6 Å². The fraction of sp³-hybridized carbons (Fsp3) is 0.0588. The maximum atomic E-state index is 12.7. The van der Waals surface area contributed by atoms with E-state index in [9.17, 15) is 20.0 Å². The van der Waals surface area contributed by atoms with Gasteiger partial charge in [-0.15, -0.1) is 0 Å². The van der Waals surface area contributed by atoms with Crippen LogP contribution in [0, 0.1) is 10.1 Å². The Bertz CT molecular complexity index is 992. The van der Waals surface area contributed by atoms with Crippen LogP contribution in [-0.2, 0) is 4.79 Å². The van der Waals surface area contributed by atoms with Gasteiger partial charge in [0.1, 0.15) is 0 Å². The van der Waals surface area contributed by atoms with Gasteiger partial charge >= 0.3 is 5.69 Å². The molecule has 138 valence electrons. The van der Waals surface area contributed by atoms with Crippen molar-refractivity contribution in [1.29, 1.82) is 0 Å². The van der Waals surface area contributed by atoms with Crippen LogP contribution in [0.2, 0.25) is 5.02 Å². The minimum absolute atomic E-state index is 0.0661. The molecule has 0 aromatic heterocycles. The zero-order valence-electron chi connectivity index (χ0n) is 13.7. The lowest BCUT2D eigenvalue weighted by Gasteiger charge is -2.14. The Hall–Kier alpha value is -2.62. The molecule has 0 bridgehead atoms. The van der Waals surface area contributed by atoms with E-state index in [4.69, 9.17) is 28.6 Å². The summed E-state index contributed by atoms with van der Waals surface area (Å²) in [5.74, 6) is -1.00. The number of anilines is 1. The number of ether oxygens (including phenoxy) is 1. The van der Waals surface area contributed by atoms with E-state index in [2.05, 4.69) is 0 Å². The Morgan fingerprint density at radius 1 is 1.33 bits per heavy atom. The molecule has 0 radical (unpaired) electrons. The molecule has 1 saturated heterocycles. The number of hydrogen-bond acceptors (Lipinski definition) is 7. The molecular formula is C17H11ClN2O5S2. The van der Waals surface area contributed by atoms with Crippen LogP contribution in [0.3, 0.4) is 0 Å². The highest BCUT2D eigenvalue weighted by atomic mass is 35.5. The molecule has 0 spiro atoms. The molecule has 2 aromatic rings. The van der Waals surface area contributed by atoms with E-state index in [0.717, 1.165) is 17.8 Å². The number of hydrogen-bond donors (Lipinski definition) is 1. The Morgan fingerprint density at radius 2 is 2.00 bits per heavy atom. The Labute approximate surface area is 168 Å². The van der Waals surface area contributed by atoms with E-state index in [1.807, 2.05) is 0 Å². The first kappa shape index (κ1) is 19.2. The van der Waals surface area contributed by atoms with E-state index in [1.165, 1.54) is 24.2 Å². The first-order valence-corrected chi connectivity index (χ1v) is 9.01. The largest absolute Gasteiger partial charge is 0.500 e. The number of phenols is 1. The topological polar surface area (TPSA) is 92.9 Å². The third-order valence-electron chi connectivity index (χ3n) is 3.67. The summed E-state index contributed by atoms with van der Waals surface area (Å²) in [5, 5.41) is 21.5. The van der Waals surface area contributed by atoms with Crippen molar-refractivity contribution >= 4 is 63.3 Å². The molecule has 1 aliphatic heterocycles. The smallest absolute Gasteiger partial charge is 0.315 e. The van der Waals surface area contributed by atoms with Crippen LogP contribution < -0.4 is 9.64 Å². The van der Waals surface area contributed by atoms with E-state index in [-0.39, 0.29) is 16.6 Å². The van der Waals surface area contributed by atoms with E-state index < -0.39 is 16.4 Å². The number of rotatable bonds is 4. The van der Waals surface area contributed by atoms with Gasteiger partial charge in [-0.05, 0) is 42.0 Å². The van der Waals surface area contributed by atoms with Crippen molar-refractivity contribution in [3.63, 3.8) is 0 Å². The predicted octanol–water partition coefficient (Wildman–Crippen LogP) is 4.37. The van der Waals surface area contributed by atoms with Gasteiger partial charge in [0, 0.05) is 11.1 Å². The van der Waals surface area contributed by atoms with Gasteiger partial charge in [-0.25, -0.2) is 0 Å². The highest BCUT2D eigenvalue weighted by molar-refractivity contribution is 8.27. The third kappa shape index (κ3) is 3.75. The van der Waals surface area contributed by atoms with E-state index >= 15 is 0 Å². The molecule has 27 heavy (non-hydrogen) atoms. The summed E-state index contributed by atoms with van der Waals surface area (Å²) in [6, 6.07) is 9.19. The van der Waals surface area contributed by atoms with Crippen molar-refractivity contribution in [3.8, 4) is 11.5 Å². The lowest BCUT2D eigenvalue weighted by Crippen LogP contribution is -2.27. The molecule has 10 heteroatoms. The molecule has 3 rings (SSSR count). The number of nitrogens with zero attached hydrogens (tertiary/aromatic N) is 2. The number of carbonyl (C=O) groups is 1. The quantitative estimate of drug-likeness (QED) is 0.338. The molecule has 0 aliphatic carbocycles. The minimum atomic E-state index is -0.728. The number of halogens is 1. The van der Waals surface area contributed by atoms with Crippen molar-refractivity contribution in [2.45, 2.75) is 0 Å². The first-order valence-electron chi connectivity index (χ1n) is 7.40. The second kappa shape index (κ2) is 7.55. The molecular weight excluding hydrogens is 412 g/mol. The van der Waals surface area contributed by atoms with Gasteiger partial charge in [-0.2, -0.15) is 0 Å². The van der Waals surface area contributed by atoms with Gasteiger partial charge in [-0.1, -0.05) is 35.6 Å². The summed E-state index contributed by atoms with van der Waals surface area (Å²) < 4.78 is 5.29. The highest BCUT2D eigenvalue weighted by Crippen LogP contribution is 2.40. The van der Waals surface area contributed by atoms with Crippen LogP contribution in [0.25, 0.3) is 6.08 Å². The Kier molecular flexibility index (Phi) is 5.36. The first-order chi connectivity index (χ1) is 12.8. The van der Waals surface area contributed by atoms with Gasteiger partial charge in [-0.3, -0.25) is 19.8 Å². The normalized spacial score (nSPS) is 15.5. The van der Waals surface area contributed by atoms with E-state index in [0.29, 0.717) is 20.6 Å². The van der Waals surface area contributed by atoms with Crippen LogP contribution in [0.4, 0.5) is 11.4 Å². The summed E-state index contributed by atoms with van der Waals surface area (Å²) >= 11 is 12.2. The van der Waals surface area contributed by atoms with Crippen molar-refractivity contribution in [2.75, 3.05) is 12.0 Å². The van der Waals surface area contributed by atoms with Gasteiger partial charge in [0.2, 0.25) is 5.75 Å². The molecule has 1 amide bonds. The van der Waals surface area contributed by atoms with Gasteiger partial charge in [0.05, 0.1) is 22.6 Å². The van der Waals surface area contributed by atoms with Crippen LogP contribution in [0.1, 0.15) is 5.56 Å². The SMILES string of the molecule is COc1cc(/C=C2/SC(=S)N(c3ccc(Cl)cc3)C2=O)cc([N+](=O)[O-])c1O. The summed E-state index contributed by atoms with van der Waals surface area (Å²) in [6.07, 6.45) is 1.46. The van der Waals surface area contributed by atoms with Gasteiger partial charge in [0.15, 0.2) is 10.1 Å². The number of thiocarbonyl (C=S) groups is 1. The number of nitro benzene ring substituents is 1. The Morgan fingerprint density at radius 3 is 2.59 bits per heavy atom. The molecule has 0 saturated carbocycles. The number of nitro groups is 1. The number of benzene rings is 2. The maximum Gasteiger partial charge on any atom is 0.315 e. The summed E-state index contributed by atoms with van der Waals surface area (Å²) in [6.45, 7) is 0. The highest BCUT2D eigenvalue weighted by Gasteiger charge is 2.33. The molecule has 1 heterocycles. The molecule has 0 unspecified atom stereocenters. The second-order valence-electron chi connectivity index (χ2n) is 5.34. The zero-order chi connectivity index (χ0) is 19.7. The fourth-order valence-corrected chi connectivity index (χ4v) is 3.85. The molecule has 1 aliphatic rings. The van der Waals surface area contributed by atoms with Crippen molar-refractivity contribution in [1.82, 2.24) is 0 Å². The predicted molar refractivity (Wildman–Crippen MR) is 108 cm³/mol. The minimum Gasteiger partial charge on any atom is -0.500 e. The third-order valence-corrected chi connectivity index (χ3v) is 5.22. The number of methoxy groups -OCH3 is 1. The maximum absolute atomic E-state index is 12.7. The molecule has 0 atom stereocenters. The van der Waals surface area contributed by atoms with Crippen LogP contribution in [-0.4, -0.2) is 27.4 Å². The van der Waals surface area contributed by atoms with Crippen molar-refractivity contribution in [2.24, 2.45) is 0 Å². The fourth-order valence-electron chi connectivity index (χ4n) is 2.42. The van der Waals surface area contributed by atoms with Gasteiger partial charge in [0.25, 0.3) is 5.91 Å². The van der Waals surface area contributed by atoms with E-state index in [1.54, 1.807) is 24.3 Å². The van der Waals surface area contributed by atoms with Gasteiger partial charge < -0.3 is 9.84 Å². The summed E-state index contributed by atoms with van der Waals surface area (Å²) in [5.41, 5.74) is 0.376. The second-order valence-corrected chi connectivity index (χ2v) is 7.45. The van der Waals surface area contributed by atoms with Crippen LogP contribution >= 0.6 is 35.6 Å². The van der Waals surface area contributed by atoms with Crippen molar-refractivity contribution in [3.05, 3.63) is 62.0 Å². The Balaban J connectivity index is 2.00. The molecule has 7 nitrogen and oxygen atoms in total. The van der Waals surface area contributed by atoms with Crippen LogP contribution in [0.5, 0.6) is 11.5 Å². The lowest BCUT2D eigenvalue weighted by atomic mass is 10.1. The summed E-state index contributed by atoms with van der Waals surface area (Å²) in [7, 11) is 1.28. The number of phenolic OH excluding ortho intramolecular Hbond substituents is 1. The molecule has 2 aromatic carbocycles. The van der Waals surface area contributed by atoms with Crippen LogP contribution in [0.15, 0.2) is 41.3 Å². The zero-order valence-corrected chi connectivity index (χ0v) is 16.1. The average molecular weight is 423 g/mol. The lowest BCUT2D eigenvalue weighted by molar-refractivity contribution is -0.386. The molecule has 1 N–H and O–H groups in total. The summed E-state index contributed by atoms with van der Waals surface area (Å²) in [4.78, 5) is 24.8. The monoisotopic (exact) mass is 422 g/mol. The molecule has 1 fully saturated rings. The number of carbonyl (C=O) groups excluding carboxylic acids is 1. The standard InChI is InChI=1S/C17H11ClN2O5S2/c1-25-13-7-9(6-12(15(13)21)20(23)24)8-14-16(22)19(17(26)27-14)11-4-2-10(18)3-5-11/h2-8,21H,1H3/b14-8+. The number of thioether (sulfide) groups is 1. The number of amides is 1.